The first-order valence-electron chi connectivity index (χ1n) is 12.6. The molecule has 0 radical (unpaired) electrons. The number of amides is 1. The third-order valence-corrected chi connectivity index (χ3v) is 6.41. The Balaban J connectivity index is 1.61. The van der Waals surface area contributed by atoms with E-state index in [2.05, 4.69) is 20.9 Å². The summed E-state index contributed by atoms with van der Waals surface area (Å²) in [6, 6.07) is 17.3. The van der Waals surface area contributed by atoms with Crippen LogP contribution in [0.5, 0.6) is 5.75 Å². The molecule has 1 aliphatic rings. The van der Waals surface area contributed by atoms with E-state index < -0.39 is 29.2 Å². The fourth-order valence-corrected chi connectivity index (χ4v) is 4.22. The van der Waals surface area contributed by atoms with Crippen molar-refractivity contribution in [1.29, 1.82) is 0 Å². The minimum Gasteiger partial charge on any atom is -0.494 e. The number of carbonyl (C=O) groups is 1. The minimum atomic E-state index is -1.46. The van der Waals surface area contributed by atoms with Crippen LogP contribution in [-0.4, -0.2) is 41.8 Å². The highest BCUT2D eigenvalue weighted by Gasteiger charge is 2.50. The van der Waals surface area contributed by atoms with Crippen molar-refractivity contribution in [1.82, 2.24) is 10.9 Å². The van der Waals surface area contributed by atoms with E-state index >= 15 is 0 Å². The lowest BCUT2D eigenvalue weighted by atomic mass is 9.85. The highest BCUT2D eigenvalue weighted by atomic mass is 19.2. The number of rotatable bonds is 12. The molecule has 0 unspecified atom stereocenters. The fraction of sp³-hybridized carbons (Fsp3) is 0.286. The van der Waals surface area contributed by atoms with E-state index in [9.17, 15) is 13.6 Å². The lowest BCUT2D eigenvalue weighted by Crippen LogP contribution is -2.55. The van der Waals surface area contributed by atoms with Gasteiger partial charge in [0.15, 0.2) is 17.2 Å². The molecule has 1 aliphatic heterocycles. The zero-order valence-electron chi connectivity index (χ0n) is 21.7. The molecule has 40 heavy (non-hydrogen) atoms. The van der Waals surface area contributed by atoms with Crippen LogP contribution < -0.4 is 15.6 Å². The number of aliphatic hydroxyl groups is 1. The molecule has 10 nitrogen and oxygen atoms in total. The first kappa shape index (κ1) is 28.5. The molecule has 208 valence electrons. The summed E-state index contributed by atoms with van der Waals surface area (Å²) in [5, 5.41) is 12.7. The standard InChI is InChI=1S/C28H28F2N6O4/c1-18-28(16-21-5-2-3-6-25(21)34-36-31,27(38)35-32-17-19-7-12-23(29)24(30)15-19)33-26(40-18)20-8-10-22(11-9-20)39-14-4-13-37/h2-3,5-12,15,18,32,37H,4,13-14,16-17H2,1H3,(H,35,38)/t18-,28-/m0/s1. The predicted molar refractivity (Wildman–Crippen MR) is 144 cm³/mol. The van der Waals surface area contributed by atoms with Crippen LogP contribution in [0, 0.1) is 11.6 Å². The van der Waals surface area contributed by atoms with Crippen molar-refractivity contribution < 1.29 is 28.2 Å². The van der Waals surface area contributed by atoms with E-state index in [0.717, 1.165) is 12.1 Å². The third kappa shape index (κ3) is 6.55. The minimum absolute atomic E-state index is 0.0257. The Labute approximate surface area is 229 Å². The molecule has 3 aromatic rings. The molecular formula is C28H28F2N6O4. The first-order chi connectivity index (χ1) is 19.4. The second kappa shape index (κ2) is 13.0. The van der Waals surface area contributed by atoms with Crippen molar-refractivity contribution in [3.8, 4) is 5.75 Å². The monoisotopic (exact) mass is 550 g/mol. The number of aliphatic imine (C=N–C) groups is 1. The third-order valence-electron chi connectivity index (χ3n) is 6.41. The number of hydrogen-bond donors (Lipinski definition) is 3. The summed E-state index contributed by atoms with van der Waals surface area (Å²) in [6.45, 7) is 2.14. The van der Waals surface area contributed by atoms with Gasteiger partial charge >= 0.3 is 0 Å². The predicted octanol–water partition coefficient (Wildman–Crippen LogP) is 4.64. The summed E-state index contributed by atoms with van der Waals surface area (Å²) in [7, 11) is 0. The van der Waals surface area contributed by atoms with Crippen LogP contribution in [0.2, 0.25) is 0 Å². The zero-order chi connectivity index (χ0) is 28.5. The number of benzene rings is 3. The van der Waals surface area contributed by atoms with Crippen LogP contribution in [0.3, 0.4) is 0 Å². The lowest BCUT2D eigenvalue weighted by molar-refractivity contribution is -0.129. The van der Waals surface area contributed by atoms with Crippen LogP contribution in [0.15, 0.2) is 76.8 Å². The van der Waals surface area contributed by atoms with Gasteiger partial charge in [-0.15, -0.1) is 0 Å². The van der Waals surface area contributed by atoms with Crippen LogP contribution in [0.25, 0.3) is 10.4 Å². The molecule has 4 rings (SSSR count). The van der Waals surface area contributed by atoms with Gasteiger partial charge in [-0.3, -0.25) is 10.2 Å². The number of aliphatic hydroxyl groups excluding tert-OH is 1. The van der Waals surface area contributed by atoms with Crippen LogP contribution in [0.1, 0.15) is 30.0 Å². The van der Waals surface area contributed by atoms with Gasteiger partial charge in [0.25, 0.3) is 5.91 Å². The number of hydrazine groups is 1. The molecule has 2 atom stereocenters. The molecule has 3 N–H and O–H groups in total. The van der Waals surface area contributed by atoms with Crippen LogP contribution >= 0.6 is 0 Å². The first-order valence-corrected chi connectivity index (χ1v) is 12.6. The number of carbonyl (C=O) groups excluding carboxylic acids is 1. The highest BCUT2D eigenvalue weighted by molar-refractivity contribution is 6.00. The topological polar surface area (TPSA) is 141 Å². The summed E-state index contributed by atoms with van der Waals surface area (Å²) in [5.41, 5.74) is 14.9. The van der Waals surface area contributed by atoms with Crippen LogP contribution in [0.4, 0.5) is 14.5 Å². The molecule has 0 aromatic heterocycles. The molecule has 0 saturated heterocycles. The summed E-state index contributed by atoms with van der Waals surface area (Å²) in [6.07, 6.45) is -0.172. The molecule has 1 heterocycles. The van der Waals surface area contributed by atoms with Gasteiger partial charge in [0.05, 0.1) is 6.61 Å². The van der Waals surface area contributed by atoms with Crippen molar-refractivity contribution in [2.75, 3.05) is 13.2 Å². The van der Waals surface area contributed by atoms with Gasteiger partial charge in [-0.1, -0.05) is 35.4 Å². The number of azide groups is 1. The summed E-state index contributed by atoms with van der Waals surface area (Å²) >= 11 is 0. The summed E-state index contributed by atoms with van der Waals surface area (Å²) in [5.74, 6) is -1.64. The van der Waals surface area contributed by atoms with E-state index in [1.165, 1.54) is 6.07 Å². The Bertz CT molecular complexity index is 1430. The molecule has 12 heteroatoms. The number of nitrogens with zero attached hydrogens (tertiary/aromatic N) is 4. The largest absolute Gasteiger partial charge is 0.494 e. The average Bonchev–Trinajstić information content (AvgIpc) is 3.29. The van der Waals surface area contributed by atoms with Crippen molar-refractivity contribution in [3.63, 3.8) is 0 Å². The number of ether oxygens (including phenoxy) is 2. The van der Waals surface area contributed by atoms with E-state index in [1.807, 2.05) is 0 Å². The van der Waals surface area contributed by atoms with Gasteiger partial charge in [0, 0.05) is 42.2 Å². The van der Waals surface area contributed by atoms with E-state index in [-0.39, 0.29) is 25.5 Å². The van der Waals surface area contributed by atoms with Gasteiger partial charge in [-0.25, -0.2) is 19.2 Å². The Morgan fingerprint density at radius 2 is 1.95 bits per heavy atom. The second-order valence-corrected chi connectivity index (χ2v) is 9.10. The molecule has 0 aliphatic carbocycles. The Hall–Kier alpha value is -4.51. The maximum Gasteiger partial charge on any atom is 0.266 e. The molecular weight excluding hydrogens is 522 g/mol. The van der Waals surface area contributed by atoms with E-state index in [0.29, 0.717) is 41.2 Å². The molecule has 3 aromatic carbocycles. The van der Waals surface area contributed by atoms with Gasteiger partial charge in [0.2, 0.25) is 5.90 Å². The van der Waals surface area contributed by atoms with Gasteiger partial charge < -0.3 is 14.6 Å². The lowest BCUT2D eigenvalue weighted by Gasteiger charge is -2.28. The molecule has 1 amide bonds. The number of nitrogens with one attached hydrogen (secondary N) is 2. The zero-order valence-corrected chi connectivity index (χ0v) is 21.7. The molecule has 0 fully saturated rings. The van der Waals surface area contributed by atoms with Gasteiger partial charge in [-0.2, -0.15) is 0 Å². The SMILES string of the molecule is C[C@@H]1OC(c2ccc(OCCCO)cc2)=N[C@]1(Cc1ccccc1N=[N+]=[N-])C(=O)NNCc1ccc(F)c(F)c1. The molecule has 0 saturated carbocycles. The maximum atomic E-state index is 13.7. The fourth-order valence-electron chi connectivity index (χ4n) is 4.22. The van der Waals surface area contributed by atoms with Gasteiger partial charge in [-0.05, 0) is 60.0 Å². The second-order valence-electron chi connectivity index (χ2n) is 9.10. The number of hydrogen-bond acceptors (Lipinski definition) is 7. The van der Waals surface area contributed by atoms with Crippen molar-refractivity contribution >= 4 is 17.5 Å². The van der Waals surface area contributed by atoms with E-state index in [1.54, 1.807) is 55.5 Å². The van der Waals surface area contributed by atoms with Gasteiger partial charge in [0.1, 0.15) is 11.9 Å². The smallest absolute Gasteiger partial charge is 0.266 e. The maximum absolute atomic E-state index is 13.7. The Kier molecular flexibility index (Phi) is 9.28. The van der Waals surface area contributed by atoms with Crippen molar-refractivity contribution in [3.05, 3.63) is 105 Å². The normalized spacial score (nSPS) is 17.9. The Morgan fingerprint density at radius 1 is 1.18 bits per heavy atom. The molecule has 0 bridgehead atoms. The van der Waals surface area contributed by atoms with Crippen LogP contribution in [-0.2, 0) is 22.5 Å². The molecule has 0 spiro atoms. The highest BCUT2D eigenvalue weighted by Crippen LogP contribution is 2.35. The summed E-state index contributed by atoms with van der Waals surface area (Å²) in [4.78, 5) is 21.3. The van der Waals surface area contributed by atoms with E-state index in [4.69, 9.17) is 25.1 Å². The summed E-state index contributed by atoms with van der Waals surface area (Å²) < 4.78 is 38.5. The quantitative estimate of drug-likeness (QED) is 0.0991. The average molecular weight is 551 g/mol. The van der Waals surface area contributed by atoms with Crippen molar-refractivity contribution in [2.45, 2.75) is 38.0 Å². The number of halogens is 2. The Morgan fingerprint density at radius 3 is 2.67 bits per heavy atom. The van der Waals surface area contributed by atoms with Crippen molar-refractivity contribution in [2.24, 2.45) is 10.1 Å².